The summed E-state index contributed by atoms with van der Waals surface area (Å²) in [5, 5.41) is 3.80. The predicted molar refractivity (Wildman–Crippen MR) is 138 cm³/mol. The molecule has 38 heavy (non-hydrogen) atoms. The van der Waals surface area contributed by atoms with E-state index in [9.17, 15) is 22.0 Å². The van der Waals surface area contributed by atoms with Crippen LogP contribution in [0.2, 0.25) is 0 Å². The molecule has 8 nitrogen and oxygen atoms in total. The first-order valence-corrected chi connectivity index (χ1v) is 14.1. The Morgan fingerprint density at radius 3 is 2.55 bits per heavy atom. The summed E-state index contributed by atoms with van der Waals surface area (Å²) in [7, 11) is -3.97. The highest BCUT2D eigenvalue weighted by molar-refractivity contribution is 7.89. The number of halogens is 3. The number of anilines is 1. The molecule has 198 valence electrons. The van der Waals surface area contributed by atoms with E-state index >= 15 is 0 Å². The van der Waals surface area contributed by atoms with E-state index in [4.69, 9.17) is 11.6 Å². The smallest absolute Gasteiger partial charge is 0.244 e. The van der Waals surface area contributed by atoms with Crippen molar-refractivity contribution in [3.05, 3.63) is 71.4 Å². The summed E-state index contributed by atoms with van der Waals surface area (Å²) in [4.78, 5) is 18.9. The van der Waals surface area contributed by atoms with E-state index in [2.05, 4.69) is 10.1 Å². The molecule has 1 aromatic carbocycles. The standard InChI is InChI=1S/C26H24ClF2N5O3S/c27-25(35)26-12-17-13-31-34(21-3-1-19(28)2-4-21)23(17)11-18(26)7-10-33(16-26)38(36,37)22-5-6-24(30-14-22)32-9-8-20(29)15-32/h1-6,11,13-14,20H,7-10,12,15-16H2/t20-,26?/m1/s1. The summed E-state index contributed by atoms with van der Waals surface area (Å²) < 4.78 is 57.1. The van der Waals surface area contributed by atoms with Gasteiger partial charge in [0, 0.05) is 25.8 Å². The highest BCUT2D eigenvalue weighted by atomic mass is 35.5. The second-order valence-corrected chi connectivity index (χ2v) is 12.2. The molecule has 12 heteroatoms. The van der Waals surface area contributed by atoms with Gasteiger partial charge in [-0.3, -0.25) is 4.79 Å². The van der Waals surface area contributed by atoms with Crippen LogP contribution in [0, 0.1) is 11.2 Å². The van der Waals surface area contributed by atoms with Gasteiger partial charge in [-0.05, 0) is 78.9 Å². The Balaban J connectivity index is 1.29. The number of piperidine rings is 1. The molecule has 0 radical (unpaired) electrons. The lowest BCUT2D eigenvalue weighted by atomic mass is 9.69. The molecule has 2 fully saturated rings. The van der Waals surface area contributed by atoms with Gasteiger partial charge in [-0.25, -0.2) is 26.9 Å². The van der Waals surface area contributed by atoms with Crippen molar-refractivity contribution in [1.82, 2.24) is 19.1 Å². The summed E-state index contributed by atoms with van der Waals surface area (Å²) >= 11 is 6.18. The van der Waals surface area contributed by atoms with Crippen LogP contribution in [0.15, 0.2) is 59.3 Å². The molecule has 0 amide bonds. The van der Waals surface area contributed by atoms with Crippen molar-refractivity contribution in [2.75, 3.05) is 31.1 Å². The van der Waals surface area contributed by atoms with E-state index in [1.807, 2.05) is 6.08 Å². The third kappa shape index (κ3) is 4.13. The fourth-order valence-electron chi connectivity index (χ4n) is 5.56. The van der Waals surface area contributed by atoms with Gasteiger partial charge in [-0.2, -0.15) is 9.40 Å². The van der Waals surface area contributed by atoms with Gasteiger partial charge < -0.3 is 4.90 Å². The Morgan fingerprint density at radius 2 is 1.89 bits per heavy atom. The first-order valence-electron chi connectivity index (χ1n) is 12.3. The quantitative estimate of drug-likeness (QED) is 0.443. The van der Waals surface area contributed by atoms with Crippen molar-refractivity contribution >= 4 is 38.8 Å². The van der Waals surface area contributed by atoms with Crippen LogP contribution in [0.1, 0.15) is 24.1 Å². The molecule has 1 aliphatic carbocycles. The van der Waals surface area contributed by atoms with E-state index in [0.717, 1.165) is 16.8 Å². The number of rotatable bonds is 5. The minimum atomic E-state index is -3.97. The number of sulfonamides is 1. The van der Waals surface area contributed by atoms with E-state index < -0.39 is 26.9 Å². The van der Waals surface area contributed by atoms with Gasteiger partial charge in [-0.15, -0.1) is 0 Å². The number of hydrogen-bond donors (Lipinski definition) is 0. The van der Waals surface area contributed by atoms with Crippen molar-refractivity contribution < 1.29 is 22.0 Å². The predicted octanol–water partition coefficient (Wildman–Crippen LogP) is 3.74. The van der Waals surface area contributed by atoms with Gasteiger partial charge in [0.1, 0.15) is 22.7 Å². The number of hydrogen-bond acceptors (Lipinski definition) is 6. The lowest BCUT2D eigenvalue weighted by molar-refractivity contribution is -0.119. The van der Waals surface area contributed by atoms with Gasteiger partial charge >= 0.3 is 0 Å². The summed E-state index contributed by atoms with van der Waals surface area (Å²) in [6, 6.07) is 8.97. The van der Waals surface area contributed by atoms with E-state index in [1.165, 1.54) is 28.7 Å². The third-order valence-corrected chi connectivity index (χ3v) is 9.83. The average Bonchev–Trinajstić information content (AvgIpc) is 3.53. The van der Waals surface area contributed by atoms with Crippen LogP contribution in [0.5, 0.6) is 0 Å². The summed E-state index contributed by atoms with van der Waals surface area (Å²) in [5.41, 5.74) is 1.68. The maximum absolute atomic E-state index is 13.6. The largest absolute Gasteiger partial charge is 0.354 e. The van der Waals surface area contributed by atoms with Crippen molar-refractivity contribution in [3.63, 3.8) is 0 Å². The van der Waals surface area contributed by atoms with Crippen molar-refractivity contribution in [1.29, 1.82) is 0 Å². The Kier molecular flexibility index (Phi) is 6.12. The zero-order chi connectivity index (χ0) is 26.7. The van der Waals surface area contributed by atoms with Crippen LogP contribution in [-0.4, -0.2) is 65.1 Å². The van der Waals surface area contributed by atoms with E-state index in [-0.39, 0.29) is 36.8 Å². The van der Waals surface area contributed by atoms with Crippen LogP contribution >= 0.6 is 11.6 Å². The average molecular weight is 560 g/mol. The minimum absolute atomic E-state index is 0.00229. The topological polar surface area (TPSA) is 88.4 Å². The van der Waals surface area contributed by atoms with Crippen molar-refractivity contribution in [2.45, 2.75) is 30.3 Å². The van der Waals surface area contributed by atoms with Crippen LogP contribution in [0.4, 0.5) is 14.6 Å². The number of aromatic nitrogens is 3. The number of pyridine rings is 1. The van der Waals surface area contributed by atoms with E-state index in [0.29, 0.717) is 30.9 Å². The number of nitrogens with zero attached hydrogens (tertiary/aromatic N) is 5. The second-order valence-electron chi connectivity index (χ2n) is 9.92. The number of fused-ring (bicyclic) bond motifs is 2. The first kappa shape index (κ1) is 25.1. The molecule has 6 rings (SSSR count). The number of carbonyl (C=O) groups excluding carboxylic acids is 1. The zero-order valence-corrected chi connectivity index (χ0v) is 21.8. The highest BCUT2D eigenvalue weighted by Gasteiger charge is 2.50. The normalized spacial score (nSPS) is 23.6. The van der Waals surface area contributed by atoms with Crippen LogP contribution in [0.3, 0.4) is 0 Å². The van der Waals surface area contributed by atoms with Gasteiger partial charge in [-0.1, -0.05) is 5.57 Å². The molecule has 3 aromatic rings. The number of alkyl halides is 1. The first-order chi connectivity index (χ1) is 18.2. The van der Waals surface area contributed by atoms with Crippen LogP contribution < -0.4 is 4.90 Å². The fraction of sp³-hybridized carbons (Fsp3) is 0.346. The molecule has 1 unspecified atom stereocenters. The molecule has 0 N–H and O–H groups in total. The molecule has 0 bridgehead atoms. The second kappa shape index (κ2) is 9.25. The molecule has 2 aliphatic heterocycles. The van der Waals surface area contributed by atoms with Gasteiger partial charge in [0.2, 0.25) is 15.3 Å². The number of benzene rings is 1. The zero-order valence-electron chi connectivity index (χ0n) is 20.2. The monoisotopic (exact) mass is 559 g/mol. The molecule has 2 aromatic heterocycles. The lowest BCUT2D eigenvalue weighted by Crippen LogP contribution is -2.52. The molecule has 0 spiro atoms. The molecule has 2 saturated heterocycles. The number of carbonyl (C=O) groups is 1. The maximum atomic E-state index is 13.6. The summed E-state index contributed by atoms with van der Waals surface area (Å²) in [6.07, 6.45) is 4.77. The van der Waals surface area contributed by atoms with Crippen LogP contribution in [0.25, 0.3) is 11.8 Å². The highest BCUT2D eigenvalue weighted by Crippen LogP contribution is 2.46. The van der Waals surface area contributed by atoms with E-state index in [1.54, 1.807) is 34.0 Å². The van der Waals surface area contributed by atoms with Gasteiger partial charge in [0.05, 0.1) is 29.5 Å². The Hall–Kier alpha value is -3.15. The third-order valence-electron chi connectivity index (χ3n) is 7.64. The maximum Gasteiger partial charge on any atom is 0.244 e. The fourth-order valence-corrected chi connectivity index (χ4v) is 7.25. The lowest BCUT2D eigenvalue weighted by Gasteiger charge is -2.43. The van der Waals surface area contributed by atoms with Crippen molar-refractivity contribution in [2.24, 2.45) is 5.41 Å². The molecule has 3 aliphatic rings. The molecular formula is C26H24ClF2N5O3S. The minimum Gasteiger partial charge on any atom is -0.354 e. The SMILES string of the molecule is O=C(Cl)C12Cc3cnn(-c4ccc(F)cc4)c3C=C1CCN(S(=O)(=O)c1ccc(N3CC[C@@H](F)C3)nc1)C2. The Bertz CT molecular complexity index is 1540. The Labute approximate surface area is 223 Å². The van der Waals surface area contributed by atoms with Gasteiger partial charge in [0.25, 0.3) is 0 Å². The Morgan fingerprint density at radius 1 is 1.11 bits per heavy atom. The molecule has 2 atom stereocenters. The summed E-state index contributed by atoms with van der Waals surface area (Å²) in [5.74, 6) is 0.168. The van der Waals surface area contributed by atoms with Gasteiger partial charge in [0.15, 0.2) is 0 Å². The molecular weight excluding hydrogens is 536 g/mol. The summed E-state index contributed by atoms with van der Waals surface area (Å²) in [6.45, 7) is 0.821. The molecule has 0 saturated carbocycles. The van der Waals surface area contributed by atoms with Crippen LogP contribution in [-0.2, 0) is 21.2 Å². The molecule has 4 heterocycles. The van der Waals surface area contributed by atoms with Crippen molar-refractivity contribution in [3.8, 4) is 5.69 Å².